The fourth-order valence-corrected chi connectivity index (χ4v) is 2.72. The first-order valence-electron chi connectivity index (χ1n) is 7.73. The zero-order valence-corrected chi connectivity index (χ0v) is 14.6. The molecule has 0 saturated heterocycles. The summed E-state index contributed by atoms with van der Waals surface area (Å²) in [6.45, 7) is 0.419. The largest absolute Gasteiger partial charge is 0.337 e. The quantitative estimate of drug-likeness (QED) is 0.506. The number of carbonyl (C=O) groups excluding carboxylic acids is 1. The predicted molar refractivity (Wildman–Crippen MR) is 97.5 cm³/mol. The lowest BCUT2D eigenvalue weighted by Gasteiger charge is -2.16. The minimum Gasteiger partial charge on any atom is -0.337 e. The molecule has 8 heteroatoms. The first kappa shape index (κ1) is 17.6. The first-order valence-corrected chi connectivity index (χ1v) is 8.11. The Morgan fingerprint density at radius 1 is 1.27 bits per heavy atom. The summed E-state index contributed by atoms with van der Waals surface area (Å²) in [5.41, 5.74) is 1.98. The van der Waals surface area contributed by atoms with Gasteiger partial charge in [-0.2, -0.15) is 5.10 Å². The molecule has 0 saturated carbocycles. The number of aromatic nitrogens is 2. The van der Waals surface area contributed by atoms with Crippen molar-refractivity contribution in [2.45, 2.75) is 6.54 Å². The van der Waals surface area contributed by atoms with Crippen LogP contribution in [0, 0.1) is 10.1 Å². The topological polar surface area (TPSA) is 81.3 Å². The molecular formula is C18H15ClN4O3. The highest BCUT2D eigenvalue weighted by molar-refractivity contribution is 6.30. The van der Waals surface area contributed by atoms with Crippen LogP contribution in [-0.4, -0.2) is 32.6 Å². The Kier molecular flexibility index (Phi) is 4.99. The van der Waals surface area contributed by atoms with Crippen LogP contribution in [0.4, 0.5) is 5.69 Å². The van der Waals surface area contributed by atoms with Gasteiger partial charge in [-0.15, -0.1) is 0 Å². The Bertz CT molecular complexity index is 953. The van der Waals surface area contributed by atoms with Gasteiger partial charge < -0.3 is 4.90 Å². The Hall–Kier alpha value is -3.19. The summed E-state index contributed by atoms with van der Waals surface area (Å²) in [6, 6.07) is 13.3. The molecule has 0 aliphatic heterocycles. The van der Waals surface area contributed by atoms with Crippen molar-refractivity contribution >= 4 is 23.2 Å². The standard InChI is InChI=1S/C18H15ClN4O3/c1-21(11-13-3-2-4-15(19)9-13)18(24)14-10-20-22(12-14)16-5-7-17(8-6-16)23(25)26/h2-10,12H,11H2,1H3. The number of carbonyl (C=O) groups is 1. The van der Waals surface area contributed by atoms with Crippen molar-refractivity contribution < 1.29 is 9.72 Å². The molecule has 132 valence electrons. The molecule has 3 aromatic rings. The fraction of sp³-hybridized carbons (Fsp3) is 0.111. The smallest absolute Gasteiger partial charge is 0.269 e. The molecule has 0 fully saturated rings. The molecule has 0 atom stereocenters. The summed E-state index contributed by atoms with van der Waals surface area (Å²) in [5.74, 6) is -0.182. The van der Waals surface area contributed by atoms with Crippen molar-refractivity contribution in [1.29, 1.82) is 0 Å². The summed E-state index contributed by atoms with van der Waals surface area (Å²) in [5, 5.41) is 15.5. The van der Waals surface area contributed by atoms with Crippen LogP contribution < -0.4 is 0 Å². The van der Waals surface area contributed by atoms with Crippen LogP contribution in [0.3, 0.4) is 0 Å². The van der Waals surface area contributed by atoms with Crippen LogP contribution in [-0.2, 0) is 6.54 Å². The number of non-ortho nitro benzene ring substituents is 1. The summed E-state index contributed by atoms with van der Waals surface area (Å²) in [6.07, 6.45) is 3.07. The molecule has 1 heterocycles. The zero-order valence-electron chi connectivity index (χ0n) is 13.9. The van der Waals surface area contributed by atoms with Crippen LogP contribution in [0.2, 0.25) is 5.02 Å². The van der Waals surface area contributed by atoms with Gasteiger partial charge in [0.05, 0.1) is 22.4 Å². The lowest BCUT2D eigenvalue weighted by molar-refractivity contribution is -0.384. The van der Waals surface area contributed by atoms with E-state index in [2.05, 4.69) is 5.10 Å². The van der Waals surface area contributed by atoms with Crippen molar-refractivity contribution in [3.05, 3.63) is 87.2 Å². The van der Waals surface area contributed by atoms with Gasteiger partial charge in [-0.1, -0.05) is 23.7 Å². The summed E-state index contributed by atoms with van der Waals surface area (Å²) in [7, 11) is 1.70. The van der Waals surface area contributed by atoms with Crippen molar-refractivity contribution in [3.8, 4) is 5.69 Å². The van der Waals surface area contributed by atoms with E-state index in [9.17, 15) is 14.9 Å². The van der Waals surface area contributed by atoms with Crippen LogP contribution in [0.25, 0.3) is 5.69 Å². The Balaban J connectivity index is 1.74. The molecule has 2 aromatic carbocycles. The number of rotatable bonds is 5. The second-order valence-electron chi connectivity index (χ2n) is 5.74. The van der Waals surface area contributed by atoms with Gasteiger partial charge in [0.25, 0.3) is 11.6 Å². The average Bonchev–Trinajstić information content (AvgIpc) is 3.11. The summed E-state index contributed by atoms with van der Waals surface area (Å²) >= 11 is 5.97. The molecule has 0 N–H and O–H groups in total. The van der Waals surface area contributed by atoms with E-state index in [4.69, 9.17) is 11.6 Å². The van der Waals surface area contributed by atoms with E-state index in [1.54, 1.807) is 36.3 Å². The lowest BCUT2D eigenvalue weighted by atomic mass is 10.2. The highest BCUT2D eigenvalue weighted by Crippen LogP contribution is 2.17. The molecule has 3 rings (SSSR count). The minimum absolute atomic E-state index is 0.00142. The normalized spacial score (nSPS) is 10.5. The number of halogens is 1. The third kappa shape index (κ3) is 3.89. The van der Waals surface area contributed by atoms with E-state index in [-0.39, 0.29) is 11.6 Å². The molecule has 7 nitrogen and oxygen atoms in total. The third-order valence-electron chi connectivity index (χ3n) is 3.81. The molecular weight excluding hydrogens is 356 g/mol. The molecule has 0 aliphatic rings. The monoisotopic (exact) mass is 370 g/mol. The second-order valence-corrected chi connectivity index (χ2v) is 6.17. The highest BCUT2D eigenvalue weighted by Gasteiger charge is 2.15. The fourth-order valence-electron chi connectivity index (χ4n) is 2.50. The molecule has 1 aromatic heterocycles. The molecule has 0 aliphatic carbocycles. The van der Waals surface area contributed by atoms with E-state index in [1.807, 2.05) is 18.2 Å². The van der Waals surface area contributed by atoms with Crippen molar-refractivity contribution in [2.24, 2.45) is 0 Å². The number of benzene rings is 2. The van der Waals surface area contributed by atoms with Gasteiger partial charge in [0.2, 0.25) is 0 Å². The number of nitro benzene ring substituents is 1. The van der Waals surface area contributed by atoms with Crippen molar-refractivity contribution in [2.75, 3.05) is 7.05 Å². The molecule has 1 amide bonds. The SMILES string of the molecule is CN(Cc1cccc(Cl)c1)C(=O)c1cnn(-c2ccc([N+](=O)[O-])cc2)c1. The van der Waals surface area contributed by atoms with Crippen LogP contribution in [0.15, 0.2) is 60.9 Å². The van der Waals surface area contributed by atoms with Crippen molar-refractivity contribution in [1.82, 2.24) is 14.7 Å². The maximum Gasteiger partial charge on any atom is 0.269 e. The number of hydrogen-bond donors (Lipinski definition) is 0. The van der Waals surface area contributed by atoms with Gasteiger partial charge in [-0.25, -0.2) is 4.68 Å². The van der Waals surface area contributed by atoms with E-state index in [0.717, 1.165) is 5.56 Å². The second kappa shape index (κ2) is 7.37. The van der Waals surface area contributed by atoms with Gasteiger partial charge in [0, 0.05) is 36.9 Å². The van der Waals surface area contributed by atoms with Crippen LogP contribution in [0.1, 0.15) is 15.9 Å². The number of nitro groups is 1. The van der Waals surface area contributed by atoms with E-state index < -0.39 is 4.92 Å². The molecule has 0 unspecified atom stereocenters. The molecule has 0 bridgehead atoms. The van der Waals surface area contributed by atoms with Crippen LogP contribution >= 0.6 is 11.6 Å². The minimum atomic E-state index is -0.466. The maximum atomic E-state index is 12.6. The predicted octanol–water partition coefficient (Wildman–Crippen LogP) is 3.71. The zero-order chi connectivity index (χ0) is 18.7. The van der Waals surface area contributed by atoms with Crippen molar-refractivity contribution in [3.63, 3.8) is 0 Å². The number of amides is 1. The summed E-state index contributed by atoms with van der Waals surface area (Å²) in [4.78, 5) is 24.4. The van der Waals surface area contributed by atoms with Gasteiger partial charge in [0.1, 0.15) is 0 Å². The average molecular weight is 371 g/mol. The molecule has 0 radical (unpaired) electrons. The lowest BCUT2D eigenvalue weighted by Crippen LogP contribution is -2.25. The number of nitrogens with zero attached hydrogens (tertiary/aromatic N) is 4. The van der Waals surface area contributed by atoms with E-state index in [1.165, 1.54) is 23.0 Å². The maximum absolute atomic E-state index is 12.6. The van der Waals surface area contributed by atoms with Gasteiger partial charge in [0.15, 0.2) is 0 Å². The van der Waals surface area contributed by atoms with Gasteiger partial charge in [-0.05, 0) is 29.8 Å². The summed E-state index contributed by atoms with van der Waals surface area (Å²) < 4.78 is 1.50. The third-order valence-corrected chi connectivity index (χ3v) is 4.05. The molecule has 26 heavy (non-hydrogen) atoms. The Morgan fingerprint density at radius 3 is 2.65 bits per heavy atom. The van der Waals surface area contributed by atoms with Gasteiger partial charge >= 0.3 is 0 Å². The Labute approximate surface area is 154 Å². The number of hydrogen-bond acceptors (Lipinski definition) is 4. The van der Waals surface area contributed by atoms with E-state index >= 15 is 0 Å². The van der Waals surface area contributed by atoms with Gasteiger partial charge in [-0.3, -0.25) is 14.9 Å². The van der Waals surface area contributed by atoms with Crippen LogP contribution in [0.5, 0.6) is 0 Å². The Morgan fingerprint density at radius 2 is 2.00 bits per heavy atom. The highest BCUT2D eigenvalue weighted by atomic mass is 35.5. The first-order chi connectivity index (χ1) is 12.4. The molecule has 0 spiro atoms. The van der Waals surface area contributed by atoms with E-state index in [0.29, 0.717) is 22.8 Å².